The molecule has 0 aromatic heterocycles. The van der Waals surface area contributed by atoms with Crippen molar-refractivity contribution in [2.75, 3.05) is 14.1 Å². The molecule has 0 unspecified atom stereocenters. The summed E-state index contributed by atoms with van der Waals surface area (Å²) in [5.41, 5.74) is 1.25. The van der Waals surface area contributed by atoms with Crippen molar-refractivity contribution in [3.63, 3.8) is 0 Å². The largest absolute Gasteiger partial charge is 0 e. The van der Waals surface area contributed by atoms with Gasteiger partial charge in [0.1, 0.15) is 14.1 Å². The smallest absolute Gasteiger partial charge is 0 e. The molecule has 0 aromatic carbocycles. The van der Waals surface area contributed by atoms with E-state index in [0.717, 1.165) is 0 Å². The molecule has 0 atom stereocenters. The van der Waals surface area contributed by atoms with E-state index in [4.69, 9.17) is 0 Å². The first kappa shape index (κ1) is 38.9. The number of halogens is 12. The first-order chi connectivity index (χ1) is 13.8. The Morgan fingerprint density at radius 2 is 0.647 bits per heavy atom. The van der Waals surface area contributed by atoms with Gasteiger partial charge < -0.3 is 0 Å². The predicted octanol–water partition coefficient (Wildman–Crippen LogP) is 10.5. The topological polar surface area (TPSA) is 3.01 Å². The molecule has 0 aromatic rings. The van der Waals surface area contributed by atoms with Crippen molar-refractivity contribution in [3.8, 4) is 0 Å². The van der Waals surface area contributed by atoms with Crippen molar-refractivity contribution in [2.24, 2.45) is 0 Å². The van der Waals surface area contributed by atoms with Gasteiger partial charge in [-0.25, -0.2) is 4.58 Å². The zero-order valence-electron chi connectivity index (χ0n) is 19.1. The Bertz CT molecular complexity index is 564. The van der Waals surface area contributed by atoms with Crippen LogP contribution in [0.5, 0.6) is 0 Å². The van der Waals surface area contributed by atoms with Crippen LogP contribution in [0.2, 0.25) is 0 Å². The summed E-state index contributed by atoms with van der Waals surface area (Å²) in [5, 5.41) is 0. The third-order valence-corrected chi connectivity index (χ3v) is 4.09. The van der Waals surface area contributed by atoms with Gasteiger partial charge in [0.05, 0.1) is 12.8 Å². The first-order valence-electron chi connectivity index (χ1n) is 8.81. The van der Waals surface area contributed by atoms with Gasteiger partial charge in [0.2, 0.25) is 0 Å². The van der Waals surface area contributed by atoms with Gasteiger partial charge >= 0.3 is 66.0 Å². The van der Waals surface area contributed by atoms with E-state index in [1.54, 1.807) is 0 Å². The molecule has 0 bridgehead atoms. The average Bonchev–Trinajstić information content (AvgIpc) is 2.68. The molecule has 16 heteroatoms. The van der Waals surface area contributed by atoms with Crippen LogP contribution >= 0.6 is 15.6 Å². The van der Waals surface area contributed by atoms with Gasteiger partial charge in [-0.2, -0.15) is 0 Å². The molecule has 0 amide bonds. The maximum absolute atomic E-state index is 10.7. The van der Waals surface area contributed by atoms with E-state index in [1.807, 2.05) is 33.4 Å². The number of hydrogen-bond acceptors (Lipinski definition) is 0. The molecular formula is C18H26F12IrNP2-. The fourth-order valence-electron chi connectivity index (χ4n) is 2.13. The maximum Gasteiger partial charge on any atom is 0 e. The van der Waals surface area contributed by atoms with E-state index in [2.05, 4.69) is 52.0 Å². The van der Waals surface area contributed by atoms with Gasteiger partial charge in [0.25, 0.3) is 0 Å². The molecule has 0 N–H and O–H groups in total. The zero-order chi connectivity index (χ0) is 27.4. The summed E-state index contributed by atoms with van der Waals surface area (Å²) in [4.78, 5) is 0. The molecule has 2 saturated carbocycles. The van der Waals surface area contributed by atoms with Crippen molar-refractivity contribution >= 4 is 21.3 Å². The molecule has 2 aliphatic rings. The Morgan fingerprint density at radius 3 is 0.765 bits per heavy atom. The molecule has 2 fully saturated rings. The van der Waals surface area contributed by atoms with Gasteiger partial charge in [-0.05, 0) is 48.9 Å². The van der Waals surface area contributed by atoms with Gasteiger partial charge in [-0.15, -0.1) is 0 Å². The summed E-state index contributed by atoms with van der Waals surface area (Å²) in [6, 6.07) is 0. The number of hydrogen-bond donors (Lipinski definition) is 0. The van der Waals surface area contributed by atoms with E-state index in [-0.39, 0.29) is 20.1 Å². The van der Waals surface area contributed by atoms with E-state index in [9.17, 15) is 50.4 Å². The molecule has 11 radical (unpaired) electrons. The fourth-order valence-corrected chi connectivity index (χ4v) is 2.13. The zero-order valence-corrected chi connectivity index (χ0v) is 23.3. The van der Waals surface area contributed by atoms with Crippen molar-refractivity contribution in [1.82, 2.24) is 0 Å². The van der Waals surface area contributed by atoms with Crippen LogP contribution in [-0.4, -0.2) is 24.4 Å². The number of nitrogens with zero attached hydrogens (tertiary/aromatic N) is 1. The van der Waals surface area contributed by atoms with Crippen LogP contribution in [0.25, 0.3) is 0 Å². The third kappa shape index (κ3) is 30.4. The maximum atomic E-state index is 9.87. The Hall–Kier alpha value is 0.339. The second-order valence-corrected chi connectivity index (χ2v) is 11.1. The molecule has 0 heterocycles. The van der Waals surface area contributed by atoms with Crippen LogP contribution in [0.15, 0.2) is 0 Å². The van der Waals surface area contributed by atoms with Crippen LogP contribution in [0.1, 0.15) is 34.6 Å². The Labute approximate surface area is 206 Å². The summed E-state index contributed by atoms with van der Waals surface area (Å²) in [7, 11) is -17.2. The van der Waals surface area contributed by atoms with Crippen LogP contribution < -0.4 is 0 Å². The van der Waals surface area contributed by atoms with E-state index >= 15 is 0 Å². The monoisotopic (exact) mass is 739 g/mol. The van der Waals surface area contributed by atoms with Crippen molar-refractivity contribution in [3.05, 3.63) is 61.7 Å². The van der Waals surface area contributed by atoms with Gasteiger partial charge in [0.15, 0.2) is 5.71 Å². The van der Waals surface area contributed by atoms with Gasteiger partial charge in [-0.3, -0.25) is 0 Å². The minimum Gasteiger partial charge on any atom is 0 e. The molecule has 0 spiro atoms. The second kappa shape index (κ2) is 11.0. The molecule has 1 nitrogen and oxygen atoms in total. The Morgan fingerprint density at radius 1 is 0.471 bits per heavy atom. The summed E-state index contributed by atoms with van der Waals surface area (Å²) in [6.45, 7) is 11.0. The van der Waals surface area contributed by atoms with E-state index < -0.39 is 15.6 Å². The van der Waals surface area contributed by atoms with Gasteiger partial charge in [0, 0.05) is 20.1 Å². The van der Waals surface area contributed by atoms with Crippen LogP contribution in [-0.2, 0) is 20.1 Å². The summed E-state index contributed by atoms with van der Waals surface area (Å²) in [6.07, 6.45) is 10.3. The molecule has 0 saturated heterocycles. The normalized spacial score (nSPS) is 23.2. The predicted molar refractivity (Wildman–Crippen MR) is 110 cm³/mol. The van der Waals surface area contributed by atoms with Crippen molar-refractivity contribution in [2.45, 2.75) is 34.6 Å². The Kier molecular flexibility index (Phi) is 12.6. The standard InChI is InChI=1S/C10H15.C8H11N.2F6P.Ir/c1-6-7(2)9(4)10(5)8(6)3;1-9(2)8-6-4-3-5-7-8;2*1-7(2,3,4,5)6;/h1-5H3;3-7H,1-2H3;;;/q;+1;2*-1;. The average molecular weight is 739 g/mol. The van der Waals surface area contributed by atoms with Crippen LogP contribution in [0.4, 0.5) is 50.4 Å². The van der Waals surface area contributed by atoms with Crippen molar-refractivity contribution < 1.29 is 75.0 Å². The minimum absolute atomic E-state index is 0. The minimum atomic E-state index is -10.7. The molecule has 34 heavy (non-hydrogen) atoms. The third-order valence-electron chi connectivity index (χ3n) is 4.09. The molecular weight excluding hydrogens is 712 g/mol. The molecule has 2 aliphatic carbocycles. The fraction of sp³-hybridized carbons (Fsp3) is 0.389. The summed E-state index contributed by atoms with van der Waals surface area (Å²) in [5.74, 6) is 7.34. The van der Waals surface area contributed by atoms with E-state index in [0.29, 0.717) is 0 Å². The SMILES string of the molecule is C[C]1[C](C)[C](C)[C](C)[C]1C.C[N+](C)=C1[CH][CH][CH][CH][CH]1.F[P-](F)(F)(F)(F)F.F[P-](F)(F)(F)(F)F.[Ir]. The second-order valence-electron chi connectivity index (χ2n) is 7.27. The van der Waals surface area contributed by atoms with Crippen LogP contribution in [0, 0.1) is 61.7 Å². The number of rotatable bonds is 0. The first-order valence-corrected chi connectivity index (χ1v) is 12.9. The van der Waals surface area contributed by atoms with Gasteiger partial charge in [-0.1, -0.05) is 34.6 Å². The Balaban J connectivity index is -0.000000379. The quantitative estimate of drug-likeness (QED) is 0.132. The molecule has 207 valence electrons. The summed E-state index contributed by atoms with van der Waals surface area (Å²) < 4.78 is 120. The van der Waals surface area contributed by atoms with E-state index in [1.165, 1.54) is 35.3 Å². The molecule has 2 rings (SSSR count). The van der Waals surface area contributed by atoms with Crippen LogP contribution in [0.3, 0.4) is 0 Å². The van der Waals surface area contributed by atoms with Crippen molar-refractivity contribution in [1.29, 1.82) is 0 Å². The summed E-state index contributed by atoms with van der Waals surface area (Å²) >= 11 is 0. The molecule has 0 aliphatic heterocycles.